The summed E-state index contributed by atoms with van der Waals surface area (Å²) in [5.74, 6) is -0.129. The number of aryl methyl sites for hydroxylation is 1. The molecule has 0 radical (unpaired) electrons. The lowest BCUT2D eigenvalue weighted by Gasteiger charge is -2.25. The van der Waals surface area contributed by atoms with Crippen molar-refractivity contribution in [3.63, 3.8) is 0 Å². The number of halogens is 1. The normalized spacial score (nSPS) is 16.0. The van der Waals surface area contributed by atoms with Crippen LogP contribution in [0.5, 0.6) is 11.5 Å². The maximum absolute atomic E-state index is 14.8. The zero-order chi connectivity index (χ0) is 25.3. The third-order valence-electron chi connectivity index (χ3n) is 7.00. The standard InChI is InChI=1S/C30H33FO4/c1-18(29(32)33)23-12-8-20-7-9-22(16-25(20)23)35-17-19-6-11-24(27(14-19)30(2,3)4)26-15-21(34-5)10-13-28(26)31/h6-7,9-11,13-16,18,23H,8,12,17H2,1-5H3,(H,32,33). The van der Waals surface area contributed by atoms with Crippen molar-refractivity contribution in [1.29, 1.82) is 0 Å². The fraction of sp³-hybridized carbons (Fsp3) is 0.367. The van der Waals surface area contributed by atoms with E-state index in [1.165, 1.54) is 11.6 Å². The summed E-state index contributed by atoms with van der Waals surface area (Å²) in [6.45, 7) is 8.47. The Kier molecular flexibility index (Phi) is 6.88. The maximum atomic E-state index is 14.8. The number of aliphatic carboxylic acids is 1. The Hall–Kier alpha value is -3.34. The van der Waals surface area contributed by atoms with Gasteiger partial charge in [-0.3, -0.25) is 4.79 Å². The molecule has 0 aromatic heterocycles. The number of methoxy groups -OCH3 is 1. The summed E-state index contributed by atoms with van der Waals surface area (Å²) in [5.41, 5.74) is 5.42. The van der Waals surface area contributed by atoms with Gasteiger partial charge in [-0.2, -0.15) is 0 Å². The summed E-state index contributed by atoms with van der Waals surface area (Å²) >= 11 is 0. The molecular formula is C30H33FO4. The number of ether oxygens (including phenoxy) is 2. The van der Waals surface area contributed by atoms with E-state index in [0.29, 0.717) is 17.9 Å². The topological polar surface area (TPSA) is 55.8 Å². The van der Waals surface area contributed by atoms with Gasteiger partial charge in [0, 0.05) is 5.56 Å². The van der Waals surface area contributed by atoms with E-state index >= 15 is 0 Å². The number of hydrogen-bond donors (Lipinski definition) is 1. The van der Waals surface area contributed by atoms with E-state index in [1.807, 2.05) is 24.3 Å². The molecule has 2 unspecified atom stereocenters. The quantitative estimate of drug-likeness (QED) is 0.394. The molecule has 3 aromatic rings. The summed E-state index contributed by atoms with van der Waals surface area (Å²) < 4.78 is 26.2. The molecule has 0 heterocycles. The van der Waals surface area contributed by atoms with Gasteiger partial charge in [0.25, 0.3) is 0 Å². The molecule has 184 valence electrons. The Morgan fingerprint density at radius 2 is 1.80 bits per heavy atom. The van der Waals surface area contributed by atoms with Crippen molar-refractivity contribution in [3.05, 3.63) is 82.7 Å². The highest BCUT2D eigenvalue weighted by atomic mass is 19.1. The second-order valence-electron chi connectivity index (χ2n) is 10.4. The number of fused-ring (bicyclic) bond motifs is 1. The zero-order valence-electron chi connectivity index (χ0n) is 21.0. The van der Waals surface area contributed by atoms with Crippen molar-refractivity contribution in [2.24, 2.45) is 5.92 Å². The molecule has 0 saturated carbocycles. The van der Waals surface area contributed by atoms with Crippen LogP contribution in [0.4, 0.5) is 4.39 Å². The summed E-state index contributed by atoms with van der Waals surface area (Å²) in [7, 11) is 1.58. The van der Waals surface area contributed by atoms with Crippen LogP contribution in [0.15, 0.2) is 54.6 Å². The third-order valence-corrected chi connectivity index (χ3v) is 7.00. The largest absolute Gasteiger partial charge is 0.497 e. The Morgan fingerprint density at radius 1 is 1.06 bits per heavy atom. The summed E-state index contributed by atoms with van der Waals surface area (Å²) in [5, 5.41) is 9.47. The molecule has 5 heteroatoms. The van der Waals surface area contributed by atoms with E-state index in [1.54, 1.807) is 26.2 Å². The highest BCUT2D eigenvalue weighted by molar-refractivity contribution is 5.72. The molecule has 0 fully saturated rings. The van der Waals surface area contributed by atoms with Crippen LogP contribution in [0.2, 0.25) is 0 Å². The lowest BCUT2D eigenvalue weighted by Crippen LogP contribution is -2.17. The van der Waals surface area contributed by atoms with E-state index in [0.717, 1.165) is 40.8 Å². The fourth-order valence-electron chi connectivity index (χ4n) is 4.93. The number of carbonyl (C=O) groups is 1. The van der Waals surface area contributed by atoms with Crippen LogP contribution in [0.1, 0.15) is 62.3 Å². The van der Waals surface area contributed by atoms with Gasteiger partial charge in [0.2, 0.25) is 0 Å². The lowest BCUT2D eigenvalue weighted by atomic mass is 9.81. The Morgan fingerprint density at radius 3 is 2.49 bits per heavy atom. The first kappa shape index (κ1) is 24.8. The number of carboxylic acid groups (broad SMARTS) is 1. The Bertz CT molecular complexity index is 1240. The van der Waals surface area contributed by atoms with Crippen LogP contribution in [0.25, 0.3) is 11.1 Å². The minimum Gasteiger partial charge on any atom is -0.497 e. The van der Waals surface area contributed by atoms with Gasteiger partial charge < -0.3 is 14.6 Å². The van der Waals surface area contributed by atoms with Gasteiger partial charge >= 0.3 is 5.97 Å². The summed E-state index contributed by atoms with van der Waals surface area (Å²) in [6, 6.07) is 16.8. The van der Waals surface area contributed by atoms with Crippen molar-refractivity contribution in [1.82, 2.24) is 0 Å². The minimum absolute atomic E-state index is 0.00980. The van der Waals surface area contributed by atoms with Crippen molar-refractivity contribution < 1.29 is 23.8 Å². The first-order valence-corrected chi connectivity index (χ1v) is 12.0. The molecule has 0 bridgehead atoms. The predicted octanol–water partition coefficient (Wildman–Crippen LogP) is 7.13. The highest BCUT2D eigenvalue weighted by Gasteiger charge is 2.31. The molecule has 4 nitrogen and oxygen atoms in total. The van der Waals surface area contributed by atoms with Gasteiger partial charge in [-0.25, -0.2) is 4.39 Å². The zero-order valence-corrected chi connectivity index (χ0v) is 21.0. The van der Waals surface area contributed by atoms with E-state index in [2.05, 4.69) is 32.9 Å². The molecule has 0 saturated heterocycles. The second-order valence-corrected chi connectivity index (χ2v) is 10.4. The molecule has 0 aliphatic heterocycles. The van der Waals surface area contributed by atoms with E-state index in [4.69, 9.17) is 9.47 Å². The van der Waals surface area contributed by atoms with E-state index < -0.39 is 11.9 Å². The van der Waals surface area contributed by atoms with Crippen LogP contribution in [0.3, 0.4) is 0 Å². The van der Waals surface area contributed by atoms with Crippen LogP contribution in [-0.2, 0) is 23.2 Å². The highest BCUT2D eigenvalue weighted by Crippen LogP contribution is 2.41. The molecule has 1 aliphatic rings. The maximum Gasteiger partial charge on any atom is 0.306 e. The van der Waals surface area contributed by atoms with E-state index in [9.17, 15) is 14.3 Å². The SMILES string of the molecule is COc1ccc(F)c(-c2ccc(COc3ccc4c(c3)C(C(C)C(=O)O)CC4)cc2C(C)(C)C)c1. The molecule has 1 aliphatic carbocycles. The van der Waals surface area contributed by atoms with Gasteiger partial charge in [-0.15, -0.1) is 0 Å². The van der Waals surface area contributed by atoms with E-state index in [-0.39, 0.29) is 17.2 Å². The van der Waals surface area contributed by atoms with Crippen LogP contribution < -0.4 is 9.47 Å². The van der Waals surface area contributed by atoms with Gasteiger partial charge in [0.05, 0.1) is 13.0 Å². The molecule has 0 amide bonds. The average molecular weight is 477 g/mol. The van der Waals surface area contributed by atoms with Gasteiger partial charge in [-0.05, 0) is 82.3 Å². The molecule has 3 aromatic carbocycles. The van der Waals surface area contributed by atoms with Gasteiger partial charge in [-0.1, -0.05) is 52.0 Å². The first-order chi connectivity index (χ1) is 16.6. The van der Waals surface area contributed by atoms with Crippen LogP contribution in [-0.4, -0.2) is 18.2 Å². The Labute approximate surface area is 206 Å². The van der Waals surface area contributed by atoms with Gasteiger partial charge in [0.15, 0.2) is 0 Å². The predicted molar refractivity (Wildman–Crippen MR) is 136 cm³/mol. The minimum atomic E-state index is -0.767. The number of hydrogen-bond acceptors (Lipinski definition) is 3. The summed E-state index contributed by atoms with van der Waals surface area (Å²) in [6.07, 6.45) is 1.75. The average Bonchev–Trinajstić information content (AvgIpc) is 3.25. The van der Waals surface area contributed by atoms with Crippen molar-refractivity contribution >= 4 is 5.97 Å². The van der Waals surface area contributed by atoms with Crippen molar-refractivity contribution in [2.75, 3.05) is 7.11 Å². The number of carboxylic acids is 1. The smallest absolute Gasteiger partial charge is 0.306 e. The monoisotopic (exact) mass is 476 g/mol. The third kappa shape index (κ3) is 5.19. The van der Waals surface area contributed by atoms with Crippen LogP contribution >= 0.6 is 0 Å². The lowest BCUT2D eigenvalue weighted by molar-refractivity contribution is -0.141. The molecule has 1 N–H and O–H groups in total. The molecule has 4 rings (SSSR count). The fourth-order valence-corrected chi connectivity index (χ4v) is 4.93. The Balaban J connectivity index is 1.60. The number of benzene rings is 3. The van der Waals surface area contributed by atoms with Crippen molar-refractivity contribution in [3.8, 4) is 22.6 Å². The molecule has 35 heavy (non-hydrogen) atoms. The first-order valence-electron chi connectivity index (χ1n) is 12.0. The molecule has 2 atom stereocenters. The van der Waals surface area contributed by atoms with Crippen molar-refractivity contribution in [2.45, 2.75) is 58.5 Å². The van der Waals surface area contributed by atoms with Gasteiger partial charge in [0.1, 0.15) is 23.9 Å². The second kappa shape index (κ2) is 9.73. The number of rotatable bonds is 7. The molecular weight excluding hydrogens is 443 g/mol. The molecule has 0 spiro atoms. The van der Waals surface area contributed by atoms with Crippen LogP contribution in [0, 0.1) is 11.7 Å². The summed E-state index contributed by atoms with van der Waals surface area (Å²) in [4.78, 5) is 11.5.